The highest BCUT2D eigenvalue weighted by Crippen LogP contribution is 2.35. The number of carbonyl (C=O) groups excluding carboxylic acids is 1. The van der Waals surface area contributed by atoms with Crippen LogP contribution in [0.1, 0.15) is 53.5 Å². The number of rotatable bonds is 6. The number of nitrogens with one attached hydrogen (secondary N) is 1. The fourth-order valence-electron chi connectivity index (χ4n) is 4.59. The predicted molar refractivity (Wildman–Crippen MR) is 156 cm³/mol. The van der Waals surface area contributed by atoms with E-state index in [1.807, 2.05) is 92.6 Å². The molecule has 0 bridgehead atoms. The molecule has 8 nitrogen and oxygen atoms in total. The third-order valence-electron chi connectivity index (χ3n) is 6.54. The summed E-state index contributed by atoms with van der Waals surface area (Å²) >= 11 is 0. The number of benzene rings is 2. The van der Waals surface area contributed by atoms with E-state index in [1.54, 1.807) is 0 Å². The topological polar surface area (TPSA) is 84.0 Å². The number of carbonyl (C=O) groups is 1. The van der Waals surface area contributed by atoms with Crippen molar-refractivity contribution in [2.45, 2.75) is 45.2 Å². The van der Waals surface area contributed by atoms with Gasteiger partial charge in [0, 0.05) is 30.8 Å². The van der Waals surface area contributed by atoms with Crippen LogP contribution < -0.4 is 14.8 Å². The smallest absolute Gasteiger partial charge is 0.270 e. The number of aromatic nitrogens is 1. The molecule has 0 spiro atoms. The van der Waals surface area contributed by atoms with Crippen molar-refractivity contribution in [3.05, 3.63) is 76.5 Å². The molecule has 1 amide bonds. The zero-order valence-corrected chi connectivity index (χ0v) is 24.4. The maximum absolute atomic E-state index is 13.4. The van der Waals surface area contributed by atoms with Crippen LogP contribution in [-0.2, 0) is 30.6 Å². The Morgan fingerprint density at radius 3 is 2.67 bits per heavy atom. The maximum atomic E-state index is 13.4. The molecule has 2 aliphatic rings. The van der Waals surface area contributed by atoms with Crippen molar-refractivity contribution in [2.75, 3.05) is 27.4 Å². The highest BCUT2D eigenvalue weighted by Gasteiger charge is 2.33. The van der Waals surface area contributed by atoms with Crippen LogP contribution in [0.4, 0.5) is 0 Å². The maximum Gasteiger partial charge on any atom is 0.270 e. The Morgan fingerprint density at radius 1 is 1.10 bits per heavy atom. The molecule has 1 atom stereocenters. The monoisotopic (exact) mass is 558 g/mol. The normalized spacial score (nSPS) is 14.9. The van der Waals surface area contributed by atoms with Crippen LogP contribution >= 0.6 is 0 Å². The molecule has 3 aromatic rings. The number of amides is 1. The molecule has 2 aliphatic heterocycles. The number of fused-ring (bicyclic) bond motifs is 2. The summed E-state index contributed by atoms with van der Waals surface area (Å²) in [6.07, 6.45) is 0. The average molecular weight is 559 g/mol. The molecule has 0 saturated carbocycles. The Hall–Kier alpha value is -3.71. The van der Waals surface area contributed by atoms with Crippen LogP contribution in [0.25, 0.3) is 11.3 Å². The molecule has 0 radical (unpaired) electrons. The second-order valence-corrected chi connectivity index (χ2v) is 13.4. The molecular formula is C31H34N4O4S. The SMILES string of the molecule is CN(C)CC#Cc1cccc(-c2nc(C(=O)NCc3ccc4c(c3)OCO4)cc3c2CN([S@](=O)C(C)(C)C)C3)c1. The van der Waals surface area contributed by atoms with Crippen LogP contribution in [0.15, 0.2) is 48.5 Å². The summed E-state index contributed by atoms with van der Waals surface area (Å²) < 4.78 is 25.6. The van der Waals surface area contributed by atoms with E-state index in [0.29, 0.717) is 43.4 Å². The molecule has 5 rings (SSSR count). The Kier molecular flexibility index (Phi) is 7.95. The van der Waals surface area contributed by atoms with Crippen LogP contribution in [0.5, 0.6) is 11.5 Å². The largest absolute Gasteiger partial charge is 0.454 e. The van der Waals surface area contributed by atoms with Gasteiger partial charge in [0.1, 0.15) is 16.7 Å². The first-order chi connectivity index (χ1) is 19.1. The molecule has 2 aromatic carbocycles. The van der Waals surface area contributed by atoms with E-state index in [1.165, 1.54) is 0 Å². The third kappa shape index (κ3) is 6.20. The minimum atomic E-state index is -1.21. The van der Waals surface area contributed by atoms with E-state index in [0.717, 1.165) is 33.5 Å². The first kappa shape index (κ1) is 27.8. The first-order valence-corrected chi connectivity index (χ1v) is 14.3. The number of pyridine rings is 1. The lowest BCUT2D eigenvalue weighted by Gasteiger charge is -2.24. The third-order valence-corrected chi connectivity index (χ3v) is 8.32. The van der Waals surface area contributed by atoms with Crippen LogP contribution in [0.3, 0.4) is 0 Å². The summed E-state index contributed by atoms with van der Waals surface area (Å²) in [5, 5.41) is 2.99. The van der Waals surface area contributed by atoms with E-state index in [4.69, 9.17) is 14.5 Å². The molecule has 1 N–H and O–H groups in total. The summed E-state index contributed by atoms with van der Waals surface area (Å²) in [5.41, 5.74) is 5.64. The number of hydrogen-bond acceptors (Lipinski definition) is 6. The van der Waals surface area contributed by atoms with Crippen molar-refractivity contribution in [1.82, 2.24) is 19.5 Å². The van der Waals surface area contributed by atoms with E-state index < -0.39 is 15.7 Å². The van der Waals surface area contributed by atoms with E-state index >= 15 is 0 Å². The van der Waals surface area contributed by atoms with Gasteiger partial charge >= 0.3 is 0 Å². The molecule has 0 saturated heterocycles. The fraction of sp³-hybridized carbons (Fsp3) is 0.355. The van der Waals surface area contributed by atoms with Crippen molar-refractivity contribution in [2.24, 2.45) is 0 Å². The van der Waals surface area contributed by atoms with Gasteiger partial charge in [0.05, 0.1) is 17.0 Å². The average Bonchev–Trinajstić information content (AvgIpc) is 3.56. The van der Waals surface area contributed by atoms with Gasteiger partial charge in [-0.25, -0.2) is 13.5 Å². The lowest BCUT2D eigenvalue weighted by molar-refractivity contribution is 0.0946. The van der Waals surface area contributed by atoms with Crippen LogP contribution in [0, 0.1) is 11.8 Å². The van der Waals surface area contributed by atoms with Gasteiger partial charge in [-0.15, -0.1) is 0 Å². The van der Waals surface area contributed by atoms with Gasteiger partial charge in [-0.1, -0.05) is 30.0 Å². The first-order valence-electron chi connectivity index (χ1n) is 13.2. The molecule has 9 heteroatoms. The number of nitrogens with zero attached hydrogens (tertiary/aromatic N) is 3. The van der Waals surface area contributed by atoms with Gasteiger partial charge in [-0.3, -0.25) is 9.69 Å². The fourth-order valence-corrected chi connectivity index (χ4v) is 5.87. The van der Waals surface area contributed by atoms with Crippen molar-refractivity contribution in [1.29, 1.82) is 0 Å². The lowest BCUT2D eigenvalue weighted by Crippen LogP contribution is -2.34. The van der Waals surface area contributed by atoms with E-state index in [9.17, 15) is 9.00 Å². The highest BCUT2D eigenvalue weighted by molar-refractivity contribution is 7.84. The minimum absolute atomic E-state index is 0.201. The van der Waals surface area contributed by atoms with Gasteiger partial charge in [0.25, 0.3) is 5.91 Å². The molecule has 1 aromatic heterocycles. The zero-order chi connectivity index (χ0) is 28.4. The summed E-state index contributed by atoms with van der Waals surface area (Å²) in [7, 11) is 2.75. The molecule has 0 fully saturated rings. The molecule has 3 heterocycles. The molecule has 0 aliphatic carbocycles. The highest BCUT2D eigenvalue weighted by atomic mass is 32.2. The Labute approximate surface area is 238 Å². The standard InChI is InChI=1S/C31H34N4O4S/c1-31(2,3)40(37)35-18-24-16-26(30(36)32-17-22-11-12-27-28(15-22)39-20-38-27)33-29(25(24)19-35)23-10-6-8-21(14-23)9-7-13-34(4)5/h6,8,10-12,14-16H,13,17-20H2,1-5H3,(H,32,36)/t40-/m1/s1. The van der Waals surface area contributed by atoms with Crippen molar-refractivity contribution < 1.29 is 18.5 Å². The van der Waals surface area contributed by atoms with E-state index in [2.05, 4.69) is 17.2 Å². The molecule has 208 valence electrons. The summed E-state index contributed by atoms with van der Waals surface area (Å²) in [5.74, 6) is 7.48. The Morgan fingerprint density at radius 2 is 1.90 bits per heavy atom. The van der Waals surface area contributed by atoms with Crippen LogP contribution in [-0.4, -0.2) is 56.5 Å². The summed E-state index contributed by atoms with van der Waals surface area (Å²) in [6, 6.07) is 15.3. The minimum Gasteiger partial charge on any atom is -0.454 e. The van der Waals surface area contributed by atoms with Gasteiger partial charge in [0.15, 0.2) is 11.5 Å². The summed E-state index contributed by atoms with van der Waals surface area (Å²) in [6.45, 7) is 8.07. The summed E-state index contributed by atoms with van der Waals surface area (Å²) in [4.78, 5) is 20.2. The Balaban J connectivity index is 1.46. The second-order valence-electron chi connectivity index (χ2n) is 11.1. The second kappa shape index (κ2) is 11.4. The lowest BCUT2D eigenvalue weighted by atomic mass is 10.00. The Bertz CT molecular complexity index is 1530. The van der Waals surface area contributed by atoms with Crippen molar-refractivity contribution >= 4 is 16.9 Å². The van der Waals surface area contributed by atoms with Gasteiger partial charge in [-0.05, 0) is 81.9 Å². The van der Waals surface area contributed by atoms with Gasteiger partial charge < -0.3 is 14.8 Å². The molecule has 40 heavy (non-hydrogen) atoms. The zero-order valence-electron chi connectivity index (χ0n) is 23.5. The van der Waals surface area contributed by atoms with E-state index in [-0.39, 0.29) is 12.7 Å². The number of ether oxygens (including phenoxy) is 2. The van der Waals surface area contributed by atoms with Crippen LogP contribution in [0.2, 0.25) is 0 Å². The number of hydrogen-bond donors (Lipinski definition) is 1. The van der Waals surface area contributed by atoms with Crippen molar-refractivity contribution in [3.63, 3.8) is 0 Å². The predicted octanol–water partition coefficient (Wildman–Crippen LogP) is 4.10. The van der Waals surface area contributed by atoms with Crippen molar-refractivity contribution in [3.8, 4) is 34.6 Å². The van der Waals surface area contributed by atoms with Gasteiger partial charge in [-0.2, -0.15) is 0 Å². The quantitative estimate of drug-likeness (QED) is 0.459. The molecular weight excluding hydrogens is 524 g/mol. The molecule has 0 unspecified atom stereocenters. The van der Waals surface area contributed by atoms with Gasteiger partial charge in [0.2, 0.25) is 6.79 Å².